The molecule has 1 aromatic heterocycles. The zero-order valence-corrected chi connectivity index (χ0v) is 20.3. The summed E-state index contributed by atoms with van der Waals surface area (Å²) in [7, 11) is -1.42. The van der Waals surface area contributed by atoms with Gasteiger partial charge in [0.15, 0.2) is 5.75 Å². The fraction of sp³-hybridized carbons (Fsp3) is 0.476. The van der Waals surface area contributed by atoms with Crippen LogP contribution in [0.2, 0.25) is 0 Å². The molecule has 0 unspecified atom stereocenters. The molecule has 0 saturated carbocycles. The highest BCUT2D eigenvalue weighted by Crippen LogP contribution is 2.62. The highest BCUT2D eigenvalue weighted by molar-refractivity contribution is 7.69. The summed E-state index contributed by atoms with van der Waals surface area (Å²) in [4.78, 5) is 16.9. The van der Waals surface area contributed by atoms with Crippen LogP contribution in [0.25, 0.3) is 0 Å². The number of aliphatic imine (C=N–C) groups is 1. The zero-order valence-electron chi connectivity index (χ0n) is 19.4. The second kappa shape index (κ2) is 12.5. The Morgan fingerprint density at radius 1 is 1.13 bits per heavy atom. The molecule has 172 valence electrons. The maximum atomic E-state index is 12.5. The van der Waals surface area contributed by atoms with Crippen molar-refractivity contribution < 1.29 is 18.7 Å². The normalized spacial score (nSPS) is 11.8. The molecular weight excluding hydrogens is 419 g/mol. The van der Waals surface area contributed by atoms with Gasteiger partial charge >= 0.3 is 7.94 Å². The van der Waals surface area contributed by atoms with Crippen LogP contribution in [0.4, 0.5) is 5.69 Å². The van der Waals surface area contributed by atoms with Crippen molar-refractivity contribution in [3.8, 4) is 5.75 Å². The number of nitrogens with two attached hydrogens (primary N) is 1. The Labute approximate surface area is 184 Å². The van der Waals surface area contributed by atoms with Crippen LogP contribution in [0.5, 0.6) is 5.75 Å². The topological polar surface area (TPSA) is 121 Å². The Morgan fingerprint density at radius 2 is 1.65 bits per heavy atom. The largest absolute Gasteiger partial charge is 0.505 e. The van der Waals surface area contributed by atoms with E-state index in [2.05, 4.69) is 10.1 Å². The van der Waals surface area contributed by atoms with Crippen LogP contribution in [0.15, 0.2) is 34.1 Å². The number of rotatable bonds is 9. The summed E-state index contributed by atoms with van der Waals surface area (Å²) >= 11 is 0. The fourth-order valence-electron chi connectivity index (χ4n) is 2.80. The van der Waals surface area contributed by atoms with E-state index in [4.69, 9.17) is 19.3 Å². The first kappa shape index (κ1) is 26.7. The fourth-order valence-corrected chi connectivity index (χ4v) is 5.13. The Kier molecular flexibility index (Phi) is 10.8. The van der Waals surface area contributed by atoms with Crippen LogP contribution in [-0.2, 0) is 20.6 Å². The van der Waals surface area contributed by atoms with Gasteiger partial charge in [0.25, 0.3) is 5.56 Å². The molecule has 3 N–H and O–H groups in total. The molecule has 0 aliphatic rings. The zero-order chi connectivity index (χ0) is 23.6. The van der Waals surface area contributed by atoms with Gasteiger partial charge in [-0.05, 0) is 39.8 Å². The Hall–Kier alpha value is -2.32. The first-order chi connectivity index (χ1) is 14.8. The average Bonchev–Trinajstić information content (AvgIpc) is 2.75. The van der Waals surface area contributed by atoms with Crippen molar-refractivity contribution in [2.75, 3.05) is 19.8 Å². The number of benzene rings is 1. The van der Waals surface area contributed by atoms with Gasteiger partial charge in [-0.25, -0.2) is 9.67 Å². The van der Waals surface area contributed by atoms with Crippen molar-refractivity contribution in [2.24, 2.45) is 17.8 Å². The molecule has 0 bridgehead atoms. The standard InChI is InChI=1S/C19H27N4O5P.C2H6/c1-6-26-29(27-7-2,28-8-3)15-12-10-9-11-14(15)21-18(20)16-17(24)13(4)22-23(5)19(16)25;1-2/h9-12H,6-8H2,1-5H3,(H2-,20,21,24,25);1-2H3/p+1. The molecule has 1 heterocycles. The van der Waals surface area contributed by atoms with E-state index in [1.807, 2.05) is 40.7 Å². The lowest BCUT2D eigenvalue weighted by atomic mass is 10.2. The molecule has 0 spiro atoms. The number of para-hydroxylation sites is 1. The summed E-state index contributed by atoms with van der Waals surface area (Å²) in [6.07, 6.45) is 0. The highest BCUT2D eigenvalue weighted by Gasteiger charge is 2.49. The molecule has 2 rings (SSSR count). The number of hydrogen-bond donors (Lipinski definition) is 2. The van der Waals surface area contributed by atoms with Gasteiger partial charge in [-0.3, -0.25) is 4.79 Å². The molecule has 0 aliphatic carbocycles. The summed E-state index contributed by atoms with van der Waals surface area (Å²) in [5, 5.41) is 14.9. The number of aryl methyl sites for hydroxylation is 2. The highest BCUT2D eigenvalue weighted by atomic mass is 31.2. The van der Waals surface area contributed by atoms with E-state index >= 15 is 0 Å². The van der Waals surface area contributed by atoms with Crippen LogP contribution in [0.1, 0.15) is 45.9 Å². The van der Waals surface area contributed by atoms with Crippen LogP contribution in [-0.4, -0.2) is 40.5 Å². The SMILES string of the molecule is CC.CCO[P+](OCC)(OCC)c1ccccc1N=C(N)c1c(O)c(C)nn(C)c1=O. The van der Waals surface area contributed by atoms with Crippen molar-refractivity contribution in [3.05, 3.63) is 45.9 Å². The summed E-state index contributed by atoms with van der Waals surface area (Å²) in [6, 6.07) is 7.13. The number of amidine groups is 1. The molecular formula is C21H34N4O5P+. The van der Waals surface area contributed by atoms with Crippen LogP contribution in [0.3, 0.4) is 0 Å². The average molecular weight is 454 g/mol. The van der Waals surface area contributed by atoms with Gasteiger partial charge in [-0.2, -0.15) is 18.7 Å². The van der Waals surface area contributed by atoms with Gasteiger partial charge < -0.3 is 10.8 Å². The molecule has 0 radical (unpaired) electrons. The van der Waals surface area contributed by atoms with Gasteiger partial charge in [0.1, 0.15) is 22.8 Å². The first-order valence-electron chi connectivity index (χ1n) is 10.3. The molecule has 1 aromatic carbocycles. The van der Waals surface area contributed by atoms with Crippen molar-refractivity contribution in [1.29, 1.82) is 0 Å². The van der Waals surface area contributed by atoms with Gasteiger partial charge in [-0.15, -0.1) is 0 Å². The van der Waals surface area contributed by atoms with Gasteiger partial charge in [0, 0.05) is 7.05 Å². The minimum Gasteiger partial charge on any atom is -0.505 e. The summed E-state index contributed by atoms with van der Waals surface area (Å²) in [5.74, 6) is -0.434. The van der Waals surface area contributed by atoms with E-state index in [9.17, 15) is 9.90 Å². The second-order valence-corrected chi connectivity index (χ2v) is 8.23. The van der Waals surface area contributed by atoms with Crippen LogP contribution < -0.4 is 16.6 Å². The molecule has 0 saturated heterocycles. The third kappa shape index (κ3) is 6.11. The van der Waals surface area contributed by atoms with Crippen LogP contribution >= 0.6 is 7.94 Å². The molecule has 0 fully saturated rings. The van der Waals surface area contributed by atoms with E-state index < -0.39 is 13.5 Å². The molecule has 10 heteroatoms. The van der Waals surface area contributed by atoms with Crippen molar-refractivity contribution in [3.63, 3.8) is 0 Å². The van der Waals surface area contributed by atoms with E-state index in [0.29, 0.717) is 30.8 Å². The lowest BCUT2D eigenvalue weighted by Crippen LogP contribution is -2.31. The van der Waals surface area contributed by atoms with E-state index in [-0.39, 0.29) is 22.8 Å². The lowest BCUT2D eigenvalue weighted by Gasteiger charge is -2.21. The van der Waals surface area contributed by atoms with E-state index in [1.165, 1.54) is 7.05 Å². The predicted molar refractivity (Wildman–Crippen MR) is 125 cm³/mol. The number of aromatic hydroxyl groups is 1. The van der Waals surface area contributed by atoms with Crippen molar-refractivity contribution in [1.82, 2.24) is 9.78 Å². The van der Waals surface area contributed by atoms with Gasteiger partial charge in [0.2, 0.25) is 5.30 Å². The summed E-state index contributed by atoms with van der Waals surface area (Å²) in [5.41, 5.74) is 6.19. The Morgan fingerprint density at radius 3 is 2.16 bits per heavy atom. The molecule has 0 atom stereocenters. The van der Waals surface area contributed by atoms with Crippen molar-refractivity contribution >= 4 is 24.8 Å². The Balaban J connectivity index is 0.00000233. The third-order valence-electron chi connectivity index (χ3n) is 3.96. The molecule has 9 nitrogen and oxygen atoms in total. The third-order valence-corrected chi connectivity index (χ3v) is 6.72. The van der Waals surface area contributed by atoms with Gasteiger partial charge in [0.05, 0.1) is 19.8 Å². The maximum Gasteiger partial charge on any atom is 0.450 e. The minimum atomic E-state index is -2.90. The molecule has 0 amide bonds. The molecule has 2 aromatic rings. The smallest absolute Gasteiger partial charge is 0.450 e. The first-order valence-corrected chi connectivity index (χ1v) is 11.9. The maximum absolute atomic E-state index is 12.5. The molecule has 0 aliphatic heterocycles. The number of nitrogens with zero attached hydrogens (tertiary/aromatic N) is 3. The molecule has 31 heavy (non-hydrogen) atoms. The van der Waals surface area contributed by atoms with Crippen molar-refractivity contribution in [2.45, 2.75) is 41.5 Å². The van der Waals surface area contributed by atoms with Gasteiger partial charge in [-0.1, -0.05) is 26.0 Å². The lowest BCUT2D eigenvalue weighted by molar-refractivity contribution is 0.161. The second-order valence-electron chi connectivity index (χ2n) is 5.97. The monoisotopic (exact) mass is 453 g/mol. The van der Waals surface area contributed by atoms with E-state index in [0.717, 1.165) is 4.68 Å². The number of hydrogen-bond acceptors (Lipinski definition) is 7. The predicted octanol–water partition coefficient (Wildman–Crippen LogP) is 3.35. The summed E-state index contributed by atoms with van der Waals surface area (Å²) in [6.45, 7) is 12.3. The number of aromatic nitrogens is 2. The van der Waals surface area contributed by atoms with E-state index in [1.54, 1.807) is 25.1 Å². The quantitative estimate of drug-likeness (QED) is 0.339. The summed E-state index contributed by atoms with van der Waals surface area (Å²) < 4.78 is 18.9. The minimum absolute atomic E-state index is 0.108. The Bertz CT molecular complexity index is 929. The van der Waals surface area contributed by atoms with Crippen LogP contribution in [0, 0.1) is 6.92 Å².